The van der Waals surface area contributed by atoms with Crippen LogP contribution in [0.15, 0.2) is 18.2 Å². The number of hydrogen-bond donors (Lipinski definition) is 2. The summed E-state index contributed by atoms with van der Waals surface area (Å²) in [5, 5.41) is 13.0. The van der Waals surface area contributed by atoms with Crippen molar-refractivity contribution >= 4 is 17.5 Å². The molecule has 4 nitrogen and oxygen atoms in total. The van der Waals surface area contributed by atoms with E-state index in [1.807, 2.05) is 6.92 Å². The zero-order valence-electron chi connectivity index (χ0n) is 10.9. The van der Waals surface area contributed by atoms with Crippen LogP contribution in [0.1, 0.15) is 18.4 Å². The smallest absolute Gasteiger partial charge is 0.258 e. The minimum atomic E-state index is -0.429. The van der Waals surface area contributed by atoms with Crippen molar-refractivity contribution in [1.29, 1.82) is 0 Å². The molecule has 1 fully saturated rings. The Morgan fingerprint density at radius 1 is 1.58 bits per heavy atom. The maximum atomic E-state index is 11.5. The van der Waals surface area contributed by atoms with Gasteiger partial charge in [0.1, 0.15) is 5.75 Å². The molecule has 0 aromatic heterocycles. The topological polar surface area (TPSA) is 58.6 Å². The molecule has 1 aliphatic carbocycles. The number of rotatable bonds is 6. The number of halogens is 1. The van der Waals surface area contributed by atoms with Crippen LogP contribution in [0.3, 0.4) is 0 Å². The molecule has 1 atom stereocenters. The van der Waals surface area contributed by atoms with Gasteiger partial charge in [0.25, 0.3) is 5.91 Å². The zero-order chi connectivity index (χ0) is 13.8. The van der Waals surface area contributed by atoms with Crippen LogP contribution in [-0.2, 0) is 4.79 Å². The molecule has 0 bridgehead atoms. The van der Waals surface area contributed by atoms with E-state index in [0.29, 0.717) is 23.2 Å². The summed E-state index contributed by atoms with van der Waals surface area (Å²) in [4.78, 5) is 11.5. The van der Waals surface area contributed by atoms with E-state index in [1.165, 1.54) is 0 Å². The quantitative estimate of drug-likeness (QED) is 0.838. The van der Waals surface area contributed by atoms with Crippen molar-refractivity contribution in [2.75, 3.05) is 13.2 Å². The van der Waals surface area contributed by atoms with E-state index in [1.54, 1.807) is 18.2 Å². The maximum Gasteiger partial charge on any atom is 0.258 e. The van der Waals surface area contributed by atoms with Gasteiger partial charge in [-0.05, 0) is 49.4 Å². The first-order chi connectivity index (χ1) is 9.06. The summed E-state index contributed by atoms with van der Waals surface area (Å²) in [7, 11) is 0. The molecule has 1 unspecified atom stereocenters. The molecule has 1 amide bonds. The van der Waals surface area contributed by atoms with Gasteiger partial charge in [0, 0.05) is 11.6 Å². The average Bonchev–Trinajstić information content (AvgIpc) is 3.21. The molecule has 2 N–H and O–H groups in total. The third-order valence-electron chi connectivity index (χ3n) is 3.17. The molecule has 104 valence electrons. The minimum absolute atomic E-state index is 0.0571. The van der Waals surface area contributed by atoms with Crippen molar-refractivity contribution in [2.24, 2.45) is 5.92 Å². The van der Waals surface area contributed by atoms with Crippen molar-refractivity contribution in [1.82, 2.24) is 5.32 Å². The Balaban J connectivity index is 1.71. The lowest BCUT2D eigenvalue weighted by atomic mass is 10.2. The molecular weight excluding hydrogens is 266 g/mol. The monoisotopic (exact) mass is 283 g/mol. The Morgan fingerprint density at radius 2 is 2.32 bits per heavy atom. The number of ether oxygens (including phenoxy) is 1. The molecule has 2 rings (SSSR count). The predicted octanol–water partition coefficient (Wildman–Crippen LogP) is 1.91. The second-order valence-corrected chi connectivity index (χ2v) is 5.32. The number of carbonyl (C=O) groups excluding carboxylic acids is 1. The van der Waals surface area contributed by atoms with E-state index < -0.39 is 6.10 Å². The molecular formula is C14H18ClNO3. The number of hydrogen-bond acceptors (Lipinski definition) is 3. The Bertz CT molecular complexity index is 460. The number of benzene rings is 1. The molecule has 0 spiro atoms. The number of carbonyl (C=O) groups is 1. The summed E-state index contributed by atoms with van der Waals surface area (Å²) in [6.45, 7) is 2.12. The summed E-state index contributed by atoms with van der Waals surface area (Å²) in [5.74, 6) is 0.743. The molecule has 1 saturated carbocycles. The second kappa shape index (κ2) is 6.26. The lowest BCUT2D eigenvalue weighted by Gasteiger charge is -2.11. The molecule has 0 aliphatic heterocycles. The first-order valence-electron chi connectivity index (χ1n) is 6.40. The van der Waals surface area contributed by atoms with Crippen LogP contribution in [0.4, 0.5) is 0 Å². The molecule has 1 aliphatic rings. The van der Waals surface area contributed by atoms with E-state index in [9.17, 15) is 9.90 Å². The normalized spacial score (nSPS) is 15.9. The van der Waals surface area contributed by atoms with E-state index >= 15 is 0 Å². The van der Waals surface area contributed by atoms with Crippen LogP contribution in [0.2, 0.25) is 5.02 Å². The van der Waals surface area contributed by atoms with Crippen LogP contribution in [0.5, 0.6) is 5.75 Å². The zero-order valence-corrected chi connectivity index (χ0v) is 11.6. The average molecular weight is 284 g/mol. The summed E-state index contributed by atoms with van der Waals surface area (Å²) >= 11 is 5.90. The van der Waals surface area contributed by atoms with Gasteiger partial charge in [-0.15, -0.1) is 0 Å². The molecule has 0 heterocycles. The van der Waals surface area contributed by atoms with Crippen LogP contribution in [0.25, 0.3) is 0 Å². The highest BCUT2D eigenvalue weighted by molar-refractivity contribution is 6.31. The van der Waals surface area contributed by atoms with E-state index in [0.717, 1.165) is 18.4 Å². The van der Waals surface area contributed by atoms with Gasteiger partial charge in [0.05, 0.1) is 6.10 Å². The molecule has 1 aromatic carbocycles. The Labute approximate surface area is 117 Å². The number of aryl methyl sites for hydroxylation is 1. The highest BCUT2D eigenvalue weighted by Crippen LogP contribution is 2.32. The molecule has 19 heavy (non-hydrogen) atoms. The lowest BCUT2D eigenvalue weighted by molar-refractivity contribution is -0.123. The Hall–Kier alpha value is -1.26. The molecule has 5 heteroatoms. The van der Waals surface area contributed by atoms with Crippen LogP contribution < -0.4 is 10.1 Å². The summed E-state index contributed by atoms with van der Waals surface area (Å²) in [6, 6.07) is 5.25. The van der Waals surface area contributed by atoms with Crippen molar-refractivity contribution in [3.8, 4) is 5.75 Å². The fourth-order valence-electron chi connectivity index (χ4n) is 1.77. The van der Waals surface area contributed by atoms with E-state index in [4.69, 9.17) is 16.3 Å². The summed E-state index contributed by atoms with van der Waals surface area (Å²) in [6.07, 6.45) is 1.68. The number of nitrogens with one attached hydrogen (secondary N) is 1. The van der Waals surface area contributed by atoms with Gasteiger partial charge < -0.3 is 15.2 Å². The number of amides is 1. The lowest BCUT2D eigenvalue weighted by Crippen LogP contribution is -2.36. The van der Waals surface area contributed by atoms with Crippen molar-refractivity contribution in [3.63, 3.8) is 0 Å². The van der Waals surface area contributed by atoms with Gasteiger partial charge in [-0.25, -0.2) is 0 Å². The van der Waals surface area contributed by atoms with Gasteiger partial charge in [0.15, 0.2) is 6.61 Å². The third-order valence-corrected chi connectivity index (χ3v) is 3.60. The summed E-state index contributed by atoms with van der Waals surface area (Å²) < 4.78 is 5.36. The fraction of sp³-hybridized carbons (Fsp3) is 0.500. The molecule has 1 aromatic rings. The van der Waals surface area contributed by atoms with Crippen LogP contribution in [-0.4, -0.2) is 30.3 Å². The largest absolute Gasteiger partial charge is 0.484 e. The van der Waals surface area contributed by atoms with Gasteiger partial charge >= 0.3 is 0 Å². The first-order valence-corrected chi connectivity index (χ1v) is 6.78. The van der Waals surface area contributed by atoms with E-state index in [-0.39, 0.29) is 12.5 Å². The van der Waals surface area contributed by atoms with Crippen molar-refractivity contribution < 1.29 is 14.6 Å². The maximum absolute atomic E-state index is 11.5. The fourth-order valence-corrected chi connectivity index (χ4v) is 1.89. The number of aliphatic hydroxyl groups is 1. The van der Waals surface area contributed by atoms with Gasteiger partial charge in [-0.1, -0.05) is 11.6 Å². The van der Waals surface area contributed by atoms with Gasteiger partial charge in [-0.2, -0.15) is 0 Å². The Morgan fingerprint density at radius 3 is 2.95 bits per heavy atom. The molecule has 0 saturated heterocycles. The molecule has 0 radical (unpaired) electrons. The van der Waals surface area contributed by atoms with Crippen molar-refractivity contribution in [3.05, 3.63) is 28.8 Å². The Kier molecular flexibility index (Phi) is 4.66. The summed E-state index contributed by atoms with van der Waals surface area (Å²) in [5.41, 5.74) is 0.906. The third kappa shape index (κ3) is 4.40. The van der Waals surface area contributed by atoms with Crippen LogP contribution in [0, 0.1) is 12.8 Å². The van der Waals surface area contributed by atoms with Crippen LogP contribution >= 0.6 is 11.6 Å². The SMILES string of the molecule is Cc1cc(OCC(=O)NCC(O)C2CC2)ccc1Cl. The number of aliphatic hydroxyl groups excluding tert-OH is 1. The van der Waals surface area contributed by atoms with Gasteiger partial charge in [-0.3, -0.25) is 4.79 Å². The predicted molar refractivity (Wildman–Crippen MR) is 73.4 cm³/mol. The second-order valence-electron chi connectivity index (χ2n) is 4.91. The van der Waals surface area contributed by atoms with Crippen molar-refractivity contribution in [2.45, 2.75) is 25.9 Å². The van der Waals surface area contributed by atoms with E-state index in [2.05, 4.69) is 5.32 Å². The highest BCUT2D eigenvalue weighted by Gasteiger charge is 2.29. The standard InChI is InChI=1S/C14H18ClNO3/c1-9-6-11(4-5-12(9)15)19-8-14(18)16-7-13(17)10-2-3-10/h4-6,10,13,17H,2-3,7-8H2,1H3,(H,16,18). The van der Waals surface area contributed by atoms with Gasteiger partial charge in [0.2, 0.25) is 0 Å². The first kappa shape index (κ1) is 14.2. The minimum Gasteiger partial charge on any atom is -0.484 e. The highest BCUT2D eigenvalue weighted by atomic mass is 35.5.